The van der Waals surface area contributed by atoms with E-state index >= 15 is 0 Å². The zero-order chi connectivity index (χ0) is 19.1. The molecule has 0 saturated heterocycles. The molecule has 6 nitrogen and oxygen atoms in total. The van der Waals surface area contributed by atoms with E-state index in [9.17, 15) is 9.59 Å². The predicted octanol–water partition coefficient (Wildman–Crippen LogP) is 3.73. The lowest BCUT2D eigenvalue weighted by molar-refractivity contribution is -0.131. The summed E-state index contributed by atoms with van der Waals surface area (Å²) >= 11 is 0. The topological polar surface area (TPSA) is 77.5 Å². The molecule has 136 valence electrons. The number of esters is 1. The van der Waals surface area contributed by atoms with Crippen LogP contribution in [0.2, 0.25) is 0 Å². The number of benzene rings is 2. The molecule has 0 spiro atoms. The average Bonchev–Trinajstić information content (AvgIpc) is 2.67. The van der Waals surface area contributed by atoms with Crippen LogP contribution in [0.1, 0.15) is 22.8 Å². The Balaban J connectivity index is 1.58. The third-order valence-electron chi connectivity index (χ3n) is 3.59. The molecule has 0 unspecified atom stereocenters. The number of ether oxygens (including phenoxy) is 2. The maximum absolute atomic E-state index is 12.3. The van der Waals surface area contributed by atoms with Crippen molar-refractivity contribution in [2.75, 3.05) is 0 Å². The summed E-state index contributed by atoms with van der Waals surface area (Å²) in [6.07, 6.45) is 1.66. The van der Waals surface area contributed by atoms with Crippen LogP contribution < -0.4 is 14.8 Å². The highest BCUT2D eigenvalue weighted by atomic mass is 16.5. The molecule has 0 aliphatic rings. The first-order valence-electron chi connectivity index (χ1n) is 8.35. The molecule has 1 heterocycles. The van der Waals surface area contributed by atoms with Gasteiger partial charge in [-0.15, -0.1) is 0 Å². The van der Waals surface area contributed by atoms with Crippen molar-refractivity contribution in [2.24, 2.45) is 0 Å². The molecule has 0 aliphatic heterocycles. The van der Waals surface area contributed by atoms with E-state index in [4.69, 9.17) is 9.47 Å². The molecular formula is C21H18N2O4. The number of pyridine rings is 1. The molecule has 3 aromatic rings. The van der Waals surface area contributed by atoms with Gasteiger partial charge in [0, 0.05) is 31.3 Å². The van der Waals surface area contributed by atoms with E-state index in [-0.39, 0.29) is 5.91 Å². The SMILES string of the molecule is CC(=O)Oc1ccc(C(=O)NCc2cccc(Oc3ccccn3)c2)cc1. The summed E-state index contributed by atoms with van der Waals surface area (Å²) in [4.78, 5) is 27.3. The van der Waals surface area contributed by atoms with Gasteiger partial charge in [0.05, 0.1) is 0 Å². The van der Waals surface area contributed by atoms with E-state index in [1.54, 1.807) is 36.5 Å². The minimum absolute atomic E-state index is 0.222. The van der Waals surface area contributed by atoms with Gasteiger partial charge in [-0.3, -0.25) is 9.59 Å². The number of carbonyl (C=O) groups is 2. The summed E-state index contributed by atoms with van der Waals surface area (Å²) in [7, 11) is 0. The number of nitrogens with one attached hydrogen (secondary N) is 1. The largest absolute Gasteiger partial charge is 0.439 e. The minimum atomic E-state index is -0.403. The molecule has 27 heavy (non-hydrogen) atoms. The van der Waals surface area contributed by atoms with Gasteiger partial charge >= 0.3 is 5.97 Å². The highest BCUT2D eigenvalue weighted by Crippen LogP contribution is 2.20. The van der Waals surface area contributed by atoms with Gasteiger partial charge in [-0.1, -0.05) is 18.2 Å². The smallest absolute Gasteiger partial charge is 0.308 e. The van der Waals surface area contributed by atoms with E-state index < -0.39 is 5.97 Å². The van der Waals surface area contributed by atoms with Gasteiger partial charge in [0.25, 0.3) is 5.91 Å². The van der Waals surface area contributed by atoms with Gasteiger partial charge in [-0.2, -0.15) is 0 Å². The Labute approximate surface area is 156 Å². The fourth-order valence-corrected chi connectivity index (χ4v) is 2.37. The van der Waals surface area contributed by atoms with Crippen molar-refractivity contribution in [1.82, 2.24) is 10.3 Å². The molecule has 2 aromatic carbocycles. The number of amides is 1. The molecule has 6 heteroatoms. The van der Waals surface area contributed by atoms with Gasteiger partial charge < -0.3 is 14.8 Å². The second-order valence-electron chi connectivity index (χ2n) is 5.72. The standard InChI is InChI=1S/C21H18N2O4/c1-15(24)26-18-10-8-17(9-11-18)21(25)23-14-16-5-4-6-19(13-16)27-20-7-2-3-12-22-20/h2-13H,14H2,1H3,(H,23,25). The van der Waals surface area contributed by atoms with E-state index in [0.29, 0.717) is 29.5 Å². The molecule has 1 amide bonds. The minimum Gasteiger partial charge on any atom is -0.439 e. The lowest BCUT2D eigenvalue weighted by Crippen LogP contribution is -2.22. The van der Waals surface area contributed by atoms with Crippen LogP contribution in [0, 0.1) is 0 Å². The van der Waals surface area contributed by atoms with Crippen molar-refractivity contribution < 1.29 is 19.1 Å². The van der Waals surface area contributed by atoms with Crippen LogP contribution >= 0.6 is 0 Å². The second-order valence-corrected chi connectivity index (χ2v) is 5.72. The van der Waals surface area contributed by atoms with Gasteiger partial charge in [-0.05, 0) is 48.0 Å². The molecule has 1 N–H and O–H groups in total. The van der Waals surface area contributed by atoms with Crippen molar-refractivity contribution in [3.63, 3.8) is 0 Å². The monoisotopic (exact) mass is 362 g/mol. The number of carbonyl (C=O) groups excluding carboxylic acids is 2. The fraction of sp³-hybridized carbons (Fsp3) is 0.0952. The first-order valence-corrected chi connectivity index (χ1v) is 8.35. The number of hydrogen-bond donors (Lipinski definition) is 1. The lowest BCUT2D eigenvalue weighted by Gasteiger charge is -2.09. The Bertz CT molecular complexity index is 924. The van der Waals surface area contributed by atoms with Gasteiger partial charge in [0.2, 0.25) is 5.88 Å². The molecular weight excluding hydrogens is 344 g/mol. The van der Waals surface area contributed by atoms with Crippen LogP contribution in [0.25, 0.3) is 0 Å². The van der Waals surface area contributed by atoms with Crippen LogP contribution in [0.15, 0.2) is 72.9 Å². The molecule has 3 rings (SSSR count). The van der Waals surface area contributed by atoms with Gasteiger partial charge in [-0.25, -0.2) is 4.98 Å². The van der Waals surface area contributed by atoms with Crippen molar-refractivity contribution in [3.05, 3.63) is 84.1 Å². The normalized spacial score (nSPS) is 10.1. The first-order chi connectivity index (χ1) is 13.1. The first kappa shape index (κ1) is 18.1. The zero-order valence-electron chi connectivity index (χ0n) is 14.7. The maximum Gasteiger partial charge on any atom is 0.308 e. The third kappa shape index (κ3) is 5.40. The second kappa shape index (κ2) is 8.62. The summed E-state index contributed by atoms with van der Waals surface area (Å²) < 4.78 is 10.6. The number of hydrogen-bond acceptors (Lipinski definition) is 5. The molecule has 0 bridgehead atoms. The summed E-state index contributed by atoms with van der Waals surface area (Å²) in [5.41, 5.74) is 1.38. The average molecular weight is 362 g/mol. The van der Waals surface area contributed by atoms with Crippen molar-refractivity contribution in [1.29, 1.82) is 0 Å². The highest BCUT2D eigenvalue weighted by molar-refractivity contribution is 5.94. The molecule has 0 radical (unpaired) electrons. The number of rotatable bonds is 6. The van der Waals surface area contributed by atoms with Crippen molar-refractivity contribution in [2.45, 2.75) is 13.5 Å². The number of aromatic nitrogens is 1. The zero-order valence-corrected chi connectivity index (χ0v) is 14.7. The molecule has 0 atom stereocenters. The van der Waals surface area contributed by atoms with Crippen molar-refractivity contribution in [3.8, 4) is 17.4 Å². The van der Waals surface area contributed by atoms with Crippen molar-refractivity contribution >= 4 is 11.9 Å². The van der Waals surface area contributed by atoms with Crippen LogP contribution in [0.3, 0.4) is 0 Å². The van der Waals surface area contributed by atoms with Crippen LogP contribution in [-0.2, 0) is 11.3 Å². The van der Waals surface area contributed by atoms with E-state index in [2.05, 4.69) is 10.3 Å². The maximum atomic E-state index is 12.3. The summed E-state index contributed by atoms with van der Waals surface area (Å²) in [5, 5.41) is 2.85. The van der Waals surface area contributed by atoms with Crippen LogP contribution in [-0.4, -0.2) is 16.9 Å². The Morgan fingerprint density at radius 2 is 1.78 bits per heavy atom. The molecule has 0 saturated carbocycles. The van der Waals surface area contributed by atoms with Gasteiger partial charge in [0.1, 0.15) is 11.5 Å². The Morgan fingerprint density at radius 3 is 2.48 bits per heavy atom. The van der Waals surface area contributed by atoms with Gasteiger partial charge in [0.15, 0.2) is 0 Å². The number of nitrogens with zero attached hydrogens (tertiary/aromatic N) is 1. The van der Waals surface area contributed by atoms with Crippen LogP contribution in [0.4, 0.5) is 0 Å². The predicted molar refractivity (Wildman–Crippen MR) is 99.7 cm³/mol. The highest BCUT2D eigenvalue weighted by Gasteiger charge is 2.07. The Morgan fingerprint density at radius 1 is 0.963 bits per heavy atom. The van der Waals surface area contributed by atoms with E-state index in [1.807, 2.05) is 36.4 Å². The summed E-state index contributed by atoms with van der Waals surface area (Å²) in [6.45, 7) is 1.68. The van der Waals surface area contributed by atoms with E-state index in [0.717, 1.165) is 5.56 Å². The van der Waals surface area contributed by atoms with E-state index in [1.165, 1.54) is 6.92 Å². The quantitative estimate of drug-likeness (QED) is 0.534. The molecule has 0 aliphatic carbocycles. The Kier molecular flexibility index (Phi) is 5.79. The fourth-order valence-electron chi connectivity index (χ4n) is 2.37. The van der Waals surface area contributed by atoms with Crippen LogP contribution in [0.5, 0.6) is 17.4 Å². The summed E-state index contributed by atoms with van der Waals surface area (Å²) in [5.74, 6) is 0.927. The summed E-state index contributed by atoms with van der Waals surface area (Å²) in [6, 6.07) is 19.2. The molecule has 1 aromatic heterocycles. The third-order valence-corrected chi connectivity index (χ3v) is 3.59. The lowest BCUT2D eigenvalue weighted by atomic mass is 10.2. The molecule has 0 fully saturated rings. The Hall–Kier alpha value is -3.67.